The first-order valence-corrected chi connectivity index (χ1v) is 10.4. The summed E-state index contributed by atoms with van der Waals surface area (Å²) in [6, 6.07) is 5.35. The van der Waals surface area contributed by atoms with Crippen LogP contribution >= 0.6 is 0 Å². The second-order valence-electron chi connectivity index (χ2n) is 7.32. The number of amides is 1. The van der Waals surface area contributed by atoms with Crippen LogP contribution in [0.15, 0.2) is 41.6 Å². The zero-order chi connectivity index (χ0) is 21.5. The lowest BCUT2D eigenvalue weighted by Gasteiger charge is -2.33. The summed E-state index contributed by atoms with van der Waals surface area (Å²) in [6.45, 7) is 5.20. The number of piperidine rings is 1. The van der Waals surface area contributed by atoms with E-state index in [1.807, 2.05) is 19.1 Å². The predicted octanol–water partition coefficient (Wildman–Crippen LogP) is 2.22. The molecule has 160 valence electrons. The van der Waals surface area contributed by atoms with Crippen molar-refractivity contribution in [3.8, 4) is 0 Å². The normalized spacial score (nSPS) is 16.2. The number of anilines is 2. The number of carbonyl (C=O) groups is 2. The quantitative estimate of drug-likeness (QED) is 0.701. The fraction of sp³-hybridized carbons (Fsp3) is 0.455. The van der Waals surface area contributed by atoms with Gasteiger partial charge in [0.1, 0.15) is 6.54 Å². The lowest BCUT2D eigenvalue weighted by Crippen LogP contribution is -2.41. The van der Waals surface area contributed by atoms with Gasteiger partial charge in [0.05, 0.1) is 30.1 Å². The van der Waals surface area contributed by atoms with E-state index in [2.05, 4.69) is 15.2 Å². The average molecular weight is 412 g/mol. The van der Waals surface area contributed by atoms with Gasteiger partial charge in [-0.05, 0) is 43.9 Å². The lowest BCUT2D eigenvalue weighted by molar-refractivity contribution is -0.143. The molecule has 1 aliphatic rings. The molecule has 0 radical (unpaired) electrons. The molecule has 0 saturated carbocycles. The molecule has 2 aromatic heterocycles. The highest BCUT2D eigenvalue weighted by Crippen LogP contribution is 2.24. The third-order valence-corrected chi connectivity index (χ3v) is 5.26. The van der Waals surface area contributed by atoms with Gasteiger partial charge < -0.3 is 19.5 Å². The third-order valence-electron chi connectivity index (χ3n) is 5.26. The van der Waals surface area contributed by atoms with E-state index in [9.17, 15) is 14.4 Å². The van der Waals surface area contributed by atoms with Crippen molar-refractivity contribution in [3.05, 3.63) is 52.7 Å². The Morgan fingerprint density at radius 1 is 1.33 bits per heavy atom. The van der Waals surface area contributed by atoms with Gasteiger partial charge in [-0.15, -0.1) is 0 Å². The first-order chi connectivity index (χ1) is 14.5. The van der Waals surface area contributed by atoms with Crippen molar-refractivity contribution < 1.29 is 14.3 Å². The van der Waals surface area contributed by atoms with Gasteiger partial charge >= 0.3 is 5.97 Å². The molecule has 0 bridgehead atoms. The minimum absolute atomic E-state index is 0.0837. The monoisotopic (exact) mass is 412 g/mol. The lowest BCUT2D eigenvalue weighted by atomic mass is 9.96. The number of carbonyl (C=O) groups excluding carboxylic acids is 2. The Hall–Kier alpha value is -3.16. The van der Waals surface area contributed by atoms with E-state index < -0.39 is 5.97 Å². The molecule has 3 rings (SSSR count). The Kier molecular flexibility index (Phi) is 7.21. The van der Waals surface area contributed by atoms with Crippen LogP contribution in [0.5, 0.6) is 0 Å². The smallest absolute Gasteiger partial charge is 0.326 e. The zero-order valence-electron chi connectivity index (χ0n) is 17.5. The summed E-state index contributed by atoms with van der Waals surface area (Å²) in [5.74, 6) is -0.741. The Morgan fingerprint density at radius 2 is 2.17 bits per heavy atom. The molecule has 0 spiro atoms. The van der Waals surface area contributed by atoms with Crippen molar-refractivity contribution in [1.29, 1.82) is 0 Å². The minimum atomic E-state index is -0.486. The number of nitrogens with one attached hydrogen (secondary N) is 1. The molecule has 0 aliphatic carbocycles. The number of nitrogens with zero attached hydrogens (tertiary/aromatic N) is 3. The van der Waals surface area contributed by atoms with Gasteiger partial charge in [0.2, 0.25) is 5.91 Å². The molecule has 30 heavy (non-hydrogen) atoms. The van der Waals surface area contributed by atoms with Crippen LogP contribution in [0.3, 0.4) is 0 Å². The highest BCUT2D eigenvalue weighted by Gasteiger charge is 2.26. The summed E-state index contributed by atoms with van der Waals surface area (Å²) >= 11 is 0. The molecule has 0 aromatic carbocycles. The number of ether oxygens (including phenoxy) is 1. The number of aromatic nitrogens is 2. The fourth-order valence-corrected chi connectivity index (χ4v) is 3.69. The molecule has 0 unspecified atom stereocenters. The molecule has 1 atom stereocenters. The standard InChI is InChI=1S/C22H28N4O4/c1-3-16-11-20(27)26(15-21(28)30-4-2)14-19(16)24-22(29)17-7-6-10-25(13-17)18-8-5-9-23-12-18/h5,8-9,11-12,14,17H,3-4,6-7,10,13,15H2,1-2H3,(H,24,29)/t17-/m0/s1. The SMILES string of the molecule is CCOC(=O)Cn1cc(NC(=O)[C@H]2CCCN(c3cccnc3)C2)c(CC)cc1=O. The van der Waals surface area contributed by atoms with E-state index in [0.717, 1.165) is 30.6 Å². The molecule has 8 nitrogen and oxygen atoms in total. The molecule has 8 heteroatoms. The molecule has 1 fully saturated rings. The number of hydrogen-bond donors (Lipinski definition) is 1. The van der Waals surface area contributed by atoms with Crippen molar-refractivity contribution >= 4 is 23.3 Å². The van der Waals surface area contributed by atoms with Gasteiger partial charge in [0.25, 0.3) is 5.56 Å². The summed E-state index contributed by atoms with van der Waals surface area (Å²) in [5, 5.41) is 2.98. The summed E-state index contributed by atoms with van der Waals surface area (Å²) in [4.78, 5) is 43.4. The molecule has 1 N–H and O–H groups in total. The van der Waals surface area contributed by atoms with Crippen molar-refractivity contribution in [2.24, 2.45) is 5.92 Å². The van der Waals surface area contributed by atoms with Gasteiger partial charge in [0, 0.05) is 31.5 Å². The Labute approximate surface area is 175 Å². The van der Waals surface area contributed by atoms with Crippen LogP contribution in [-0.2, 0) is 27.3 Å². The van der Waals surface area contributed by atoms with E-state index in [0.29, 0.717) is 18.7 Å². The minimum Gasteiger partial charge on any atom is -0.465 e. The van der Waals surface area contributed by atoms with Crippen LogP contribution in [0.25, 0.3) is 0 Å². The first kappa shape index (κ1) is 21.5. The van der Waals surface area contributed by atoms with Gasteiger partial charge in [-0.3, -0.25) is 19.4 Å². The van der Waals surface area contributed by atoms with Gasteiger partial charge in [0.15, 0.2) is 0 Å². The summed E-state index contributed by atoms with van der Waals surface area (Å²) in [5.41, 5.74) is 2.02. The molecular weight excluding hydrogens is 384 g/mol. The molecule has 3 heterocycles. The third kappa shape index (κ3) is 5.25. The van der Waals surface area contributed by atoms with E-state index in [4.69, 9.17) is 4.74 Å². The van der Waals surface area contributed by atoms with Gasteiger partial charge in [-0.25, -0.2) is 0 Å². The number of rotatable bonds is 7. The highest BCUT2D eigenvalue weighted by molar-refractivity contribution is 5.93. The topological polar surface area (TPSA) is 93.5 Å². The summed E-state index contributed by atoms with van der Waals surface area (Å²) < 4.78 is 6.20. The predicted molar refractivity (Wildman–Crippen MR) is 115 cm³/mol. The molecule has 1 saturated heterocycles. The van der Waals surface area contributed by atoms with E-state index >= 15 is 0 Å². The summed E-state index contributed by atoms with van der Waals surface area (Å²) in [6.07, 6.45) is 7.38. The number of aryl methyl sites for hydroxylation is 1. The Balaban J connectivity index is 1.74. The van der Waals surface area contributed by atoms with Crippen molar-refractivity contribution in [2.45, 2.75) is 39.7 Å². The van der Waals surface area contributed by atoms with Crippen LogP contribution in [0.2, 0.25) is 0 Å². The van der Waals surface area contributed by atoms with Gasteiger partial charge in [-0.1, -0.05) is 6.92 Å². The maximum absolute atomic E-state index is 13.0. The van der Waals surface area contributed by atoms with Crippen molar-refractivity contribution in [2.75, 3.05) is 29.9 Å². The van der Waals surface area contributed by atoms with Crippen molar-refractivity contribution in [1.82, 2.24) is 9.55 Å². The maximum Gasteiger partial charge on any atom is 0.326 e. The Bertz CT molecular complexity index is 942. The van der Waals surface area contributed by atoms with Gasteiger partial charge in [-0.2, -0.15) is 0 Å². The van der Waals surface area contributed by atoms with Crippen molar-refractivity contribution in [3.63, 3.8) is 0 Å². The molecule has 2 aromatic rings. The zero-order valence-corrected chi connectivity index (χ0v) is 17.5. The highest BCUT2D eigenvalue weighted by atomic mass is 16.5. The van der Waals surface area contributed by atoms with E-state index in [1.54, 1.807) is 19.3 Å². The largest absolute Gasteiger partial charge is 0.465 e. The second kappa shape index (κ2) is 10.0. The number of hydrogen-bond acceptors (Lipinski definition) is 6. The molecule has 1 aliphatic heterocycles. The van der Waals surface area contributed by atoms with Crippen LogP contribution in [0.4, 0.5) is 11.4 Å². The first-order valence-electron chi connectivity index (χ1n) is 10.4. The number of esters is 1. The fourth-order valence-electron chi connectivity index (χ4n) is 3.69. The average Bonchev–Trinajstić information content (AvgIpc) is 2.76. The maximum atomic E-state index is 13.0. The van der Waals surface area contributed by atoms with E-state index in [1.165, 1.54) is 16.8 Å². The van der Waals surface area contributed by atoms with Crippen LogP contribution in [-0.4, -0.2) is 41.1 Å². The molecule has 1 amide bonds. The number of pyridine rings is 2. The second-order valence-corrected chi connectivity index (χ2v) is 7.32. The van der Waals surface area contributed by atoms with Crippen LogP contribution in [0.1, 0.15) is 32.3 Å². The Morgan fingerprint density at radius 3 is 2.87 bits per heavy atom. The van der Waals surface area contributed by atoms with Crippen LogP contribution < -0.4 is 15.8 Å². The summed E-state index contributed by atoms with van der Waals surface area (Å²) in [7, 11) is 0. The van der Waals surface area contributed by atoms with Crippen LogP contribution in [0, 0.1) is 5.92 Å². The molecular formula is C22H28N4O4. The van der Waals surface area contributed by atoms with E-state index in [-0.39, 0.29) is 30.5 Å².